The zero-order valence-corrected chi connectivity index (χ0v) is 33.9. The molecule has 0 saturated heterocycles. The van der Waals surface area contributed by atoms with Gasteiger partial charge < -0.3 is 9.80 Å². The highest BCUT2D eigenvalue weighted by molar-refractivity contribution is 5.94. The maximum absolute atomic E-state index is 6.34. The molecule has 2 heterocycles. The van der Waals surface area contributed by atoms with Crippen molar-refractivity contribution in [2.45, 2.75) is 49.9 Å². The lowest BCUT2D eigenvalue weighted by molar-refractivity contribution is 0.696. The summed E-state index contributed by atoms with van der Waals surface area (Å²) in [7, 11) is 0. The van der Waals surface area contributed by atoms with Gasteiger partial charge in [0.05, 0.1) is 16.8 Å². The van der Waals surface area contributed by atoms with Crippen LogP contribution >= 0.6 is 0 Å². The number of hydrogen-bond acceptors (Lipinski definition) is 2. The molecule has 0 spiro atoms. The minimum Gasteiger partial charge on any atom is -0.310 e. The fourth-order valence-electron chi connectivity index (χ4n) is 11.1. The smallest absolute Gasteiger partial charge is 0.0745 e. The Balaban J connectivity index is 1.15. The van der Waals surface area contributed by atoms with Gasteiger partial charge in [-0.05, 0) is 125 Å². The number of fused-ring (bicyclic) bond motifs is 5. The zero-order chi connectivity index (χ0) is 40.2. The van der Waals surface area contributed by atoms with Gasteiger partial charge in [0, 0.05) is 40.2 Å². The normalized spacial score (nSPS) is 22.3. The van der Waals surface area contributed by atoms with Gasteiger partial charge in [-0.1, -0.05) is 158 Å². The van der Waals surface area contributed by atoms with Crippen LogP contribution in [0.2, 0.25) is 0 Å². The molecule has 0 bridgehead atoms. The van der Waals surface area contributed by atoms with E-state index >= 15 is 0 Å². The van der Waals surface area contributed by atoms with Crippen LogP contribution in [0.1, 0.15) is 72.3 Å². The Kier molecular flexibility index (Phi) is 8.79. The topological polar surface area (TPSA) is 6.48 Å². The van der Waals surface area contributed by atoms with Crippen LogP contribution in [0.4, 0.5) is 28.4 Å². The van der Waals surface area contributed by atoms with E-state index in [-0.39, 0.29) is 11.8 Å². The number of terminal acetylenes is 1. The average Bonchev–Trinajstić information content (AvgIpc) is 3.58. The molecule has 2 nitrogen and oxygen atoms in total. The largest absolute Gasteiger partial charge is 0.310 e. The number of allylic oxidation sites excluding steroid dienone is 11. The average molecular weight is 771 g/mol. The Morgan fingerprint density at radius 2 is 1.27 bits per heavy atom. The van der Waals surface area contributed by atoms with Crippen molar-refractivity contribution in [3.63, 3.8) is 0 Å². The second kappa shape index (κ2) is 14.6. The number of rotatable bonds is 5. The summed E-state index contributed by atoms with van der Waals surface area (Å²) in [6.07, 6.45) is 29.1. The van der Waals surface area contributed by atoms with Crippen molar-refractivity contribution < 1.29 is 0 Å². The van der Waals surface area contributed by atoms with Gasteiger partial charge >= 0.3 is 0 Å². The van der Waals surface area contributed by atoms with E-state index in [4.69, 9.17) is 6.42 Å². The maximum Gasteiger partial charge on any atom is 0.0745 e. The summed E-state index contributed by atoms with van der Waals surface area (Å²) in [6, 6.07) is 54.2. The fraction of sp³-hybridized carbons (Fsp3) is 0.138. The third kappa shape index (κ3) is 5.29. The van der Waals surface area contributed by atoms with Crippen LogP contribution in [0, 0.1) is 12.3 Å². The summed E-state index contributed by atoms with van der Waals surface area (Å²) < 4.78 is 0. The monoisotopic (exact) mass is 770 g/mol. The lowest BCUT2D eigenvalue weighted by Gasteiger charge is -2.49. The van der Waals surface area contributed by atoms with Crippen LogP contribution in [0.3, 0.4) is 0 Å². The van der Waals surface area contributed by atoms with Crippen LogP contribution in [0.15, 0.2) is 217 Å². The van der Waals surface area contributed by atoms with Crippen molar-refractivity contribution in [2.75, 3.05) is 9.80 Å². The molecule has 0 fully saturated rings. The number of nitrogens with zero attached hydrogens (tertiary/aromatic N) is 2. The van der Waals surface area contributed by atoms with Crippen LogP contribution in [-0.4, -0.2) is 0 Å². The van der Waals surface area contributed by atoms with Crippen LogP contribution in [0.5, 0.6) is 0 Å². The molecule has 3 unspecified atom stereocenters. The highest BCUT2D eigenvalue weighted by Crippen LogP contribution is 2.62. The van der Waals surface area contributed by atoms with Gasteiger partial charge in [0.1, 0.15) is 0 Å². The van der Waals surface area contributed by atoms with Gasteiger partial charge in [0.2, 0.25) is 0 Å². The molecule has 2 aliphatic heterocycles. The quantitative estimate of drug-likeness (QED) is 0.161. The Bertz CT molecular complexity index is 2930. The first-order chi connectivity index (χ1) is 29.7. The summed E-state index contributed by atoms with van der Waals surface area (Å²) in [6.45, 7) is 2.15. The minimum absolute atomic E-state index is 0.170. The highest BCUT2D eigenvalue weighted by Gasteiger charge is 2.49. The summed E-state index contributed by atoms with van der Waals surface area (Å²) in [5.41, 5.74) is 19.3. The van der Waals surface area contributed by atoms with Crippen molar-refractivity contribution in [3.8, 4) is 23.5 Å². The van der Waals surface area contributed by atoms with Gasteiger partial charge in [-0.15, -0.1) is 6.42 Å². The molecule has 288 valence electrons. The predicted molar refractivity (Wildman–Crippen MR) is 251 cm³/mol. The van der Waals surface area contributed by atoms with E-state index in [0.29, 0.717) is 0 Å². The van der Waals surface area contributed by atoms with Gasteiger partial charge in [0.15, 0.2) is 0 Å². The molecule has 3 aliphatic carbocycles. The van der Waals surface area contributed by atoms with Crippen molar-refractivity contribution >= 4 is 28.4 Å². The third-order valence-corrected chi connectivity index (χ3v) is 13.4. The van der Waals surface area contributed by atoms with Gasteiger partial charge in [-0.25, -0.2) is 0 Å². The molecule has 5 aliphatic rings. The Hall–Kier alpha value is -7.08. The second-order valence-electron chi connectivity index (χ2n) is 16.4. The molecule has 6 aromatic rings. The zero-order valence-electron chi connectivity index (χ0n) is 33.9. The third-order valence-electron chi connectivity index (χ3n) is 13.4. The lowest BCUT2D eigenvalue weighted by atomic mass is 9.60. The molecule has 11 rings (SSSR count). The van der Waals surface area contributed by atoms with E-state index in [0.717, 1.165) is 54.0 Å². The molecule has 0 N–H and O–H groups in total. The van der Waals surface area contributed by atoms with Gasteiger partial charge in [-0.3, -0.25) is 0 Å². The summed E-state index contributed by atoms with van der Waals surface area (Å²) in [4.78, 5) is 4.98. The number of hydrogen-bond donors (Lipinski definition) is 0. The summed E-state index contributed by atoms with van der Waals surface area (Å²) in [5.74, 6) is 3.37. The van der Waals surface area contributed by atoms with E-state index < -0.39 is 5.41 Å². The first-order valence-electron chi connectivity index (χ1n) is 21.5. The maximum atomic E-state index is 6.34. The van der Waals surface area contributed by atoms with Crippen molar-refractivity contribution in [1.82, 2.24) is 0 Å². The summed E-state index contributed by atoms with van der Waals surface area (Å²) >= 11 is 0. The molecule has 0 saturated carbocycles. The van der Waals surface area contributed by atoms with Crippen LogP contribution < -0.4 is 9.80 Å². The molecular formula is C58H46N2. The number of benzene rings is 6. The van der Waals surface area contributed by atoms with E-state index in [1.807, 2.05) is 6.08 Å². The first-order valence-corrected chi connectivity index (χ1v) is 21.5. The van der Waals surface area contributed by atoms with E-state index in [1.165, 1.54) is 61.5 Å². The van der Waals surface area contributed by atoms with Crippen LogP contribution in [-0.2, 0) is 5.41 Å². The van der Waals surface area contributed by atoms with E-state index in [1.54, 1.807) is 0 Å². The molecule has 0 aromatic heterocycles. The lowest BCUT2D eigenvalue weighted by Crippen LogP contribution is -2.42. The SMILES string of the molecule is C#C/C=C1\C(=C/C)N(c2cccc(N3c4ccccc4C(C4=CCCC=C4)C4c5ccccc5-c5cccc3c54)c2)c2ccccc2C1(C1=CCCC=C1)c1ccccc1. The molecule has 0 amide bonds. The number of para-hydroxylation sites is 2. The molecular weight excluding hydrogens is 725 g/mol. The summed E-state index contributed by atoms with van der Waals surface area (Å²) in [5, 5.41) is 0. The Morgan fingerprint density at radius 3 is 2.03 bits per heavy atom. The Morgan fingerprint density at radius 1 is 0.600 bits per heavy atom. The van der Waals surface area contributed by atoms with Gasteiger partial charge in [-0.2, -0.15) is 0 Å². The van der Waals surface area contributed by atoms with Crippen molar-refractivity contribution in [3.05, 3.63) is 244 Å². The standard InChI is InChI=1S/C58H46N2/c1-3-22-49-51(4-2)59(53-37-19-17-35-50(53)58(49,41-25-10-6-11-26-41)42-27-12-7-13-28-42)43-29-20-30-44(39-43)60-52-36-18-16-33-48(52)55(40-23-8-5-9-24-40)57-47-32-15-14-31-45(47)46-34-21-38-54(60)56(46)57/h1,4,6,8,10-12,14-39,55,57H,5,7,9,13H2,2H3/b49-22+,51-4+. The van der Waals surface area contributed by atoms with Crippen molar-refractivity contribution in [2.24, 2.45) is 0 Å². The van der Waals surface area contributed by atoms with E-state index in [2.05, 4.69) is 211 Å². The molecule has 6 aromatic carbocycles. The molecule has 3 atom stereocenters. The Labute approximate surface area is 354 Å². The number of anilines is 5. The van der Waals surface area contributed by atoms with Crippen LogP contribution in [0.25, 0.3) is 11.1 Å². The molecule has 2 heteroatoms. The van der Waals surface area contributed by atoms with E-state index in [9.17, 15) is 0 Å². The predicted octanol–water partition coefficient (Wildman–Crippen LogP) is 14.8. The fourth-order valence-corrected chi connectivity index (χ4v) is 11.1. The highest BCUT2D eigenvalue weighted by atomic mass is 15.2. The molecule has 0 radical (unpaired) electrons. The second-order valence-corrected chi connectivity index (χ2v) is 16.4. The minimum atomic E-state index is -0.604. The van der Waals surface area contributed by atoms with Gasteiger partial charge in [0.25, 0.3) is 0 Å². The van der Waals surface area contributed by atoms with Crippen molar-refractivity contribution in [1.29, 1.82) is 0 Å². The molecule has 60 heavy (non-hydrogen) atoms. The first kappa shape index (κ1) is 36.0.